The first-order valence-corrected chi connectivity index (χ1v) is 6.52. The number of hydrogen-bond acceptors (Lipinski definition) is 5. The number of amides is 1. The molecular formula is C13H18N4O3. The van der Waals surface area contributed by atoms with Crippen molar-refractivity contribution in [2.45, 2.75) is 18.9 Å². The average Bonchev–Trinajstić information content (AvgIpc) is 3.22. The molecule has 1 aliphatic carbocycles. The first-order valence-electron chi connectivity index (χ1n) is 6.52. The van der Waals surface area contributed by atoms with Crippen LogP contribution in [0.1, 0.15) is 23.2 Å². The number of nitrogen functional groups attached to an aromatic ring is 1. The average molecular weight is 278 g/mol. The number of carbonyl (C=O) groups is 1. The highest BCUT2D eigenvalue weighted by Crippen LogP contribution is 2.25. The highest BCUT2D eigenvalue weighted by molar-refractivity contribution is 6.00. The number of hydrogen-bond donors (Lipinski definition) is 2. The van der Waals surface area contributed by atoms with Crippen molar-refractivity contribution in [1.82, 2.24) is 10.2 Å². The van der Waals surface area contributed by atoms with Gasteiger partial charge in [-0.05, 0) is 26.0 Å². The van der Waals surface area contributed by atoms with Crippen LogP contribution in [0.3, 0.4) is 0 Å². The molecule has 0 saturated heterocycles. The van der Waals surface area contributed by atoms with E-state index < -0.39 is 4.92 Å². The quantitative estimate of drug-likeness (QED) is 0.459. The second kappa shape index (κ2) is 5.87. The highest BCUT2D eigenvalue weighted by atomic mass is 16.6. The van der Waals surface area contributed by atoms with Crippen molar-refractivity contribution < 1.29 is 9.72 Å². The number of likely N-dealkylation sites (N-methyl/N-ethyl adjacent to an activating group) is 1. The van der Waals surface area contributed by atoms with Crippen LogP contribution >= 0.6 is 0 Å². The van der Waals surface area contributed by atoms with E-state index in [9.17, 15) is 14.9 Å². The van der Waals surface area contributed by atoms with E-state index in [1.54, 1.807) is 0 Å². The molecule has 0 heterocycles. The van der Waals surface area contributed by atoms with Crippen LogP contribution in [0.5, 0.6) is 0 Å². The SMILES string of the molecule is CN(CCNC(=O)c1cccc([N+](=O)[O-])c1N)C1CC1. The molecule has 1 aromatic carbocycles. The van der Waals surface area contributed by atoms with Gasteiger partial charge >= 0.3 is 0 Å². The molecule has 108 valence electrons. The van der Waals surface area contributed by atoms with Gasteiger partial charge in [0.15, 0.2) is 0 Å². The lowest BCUT2D eigenvalue weighted by Gasteiger charge is -2.15. The third-order valence-electron chi connectivity index (χ3n) is 3.44. The van der Waals surface area contributed by atoms with E-state index >= 15 is 0 Å². The molecule has 1 fully saturated rings. The fourth-order valence-corrected chi connectivity index (χ4v) is 2.05. The van der Waals surface area contributed by atoms with Gasteiger partial charge in [0.1, 0.15) is 5.69 Å². The minimum Gasteiger partial charge on any atom is -0.393 e. The van der Waals surface area contributed by atoms with Crippen molar-refractivity contribution in [3.05, 3.63) is 33.9 Å². The van der Waals surface area contributed by atoms with Gasteiger partial charge in [0.2, 0.25) is 0 Å². The minimum atomic E-state index is -0.590. The number of nitrogens with two attached hydrogens (primary N) is 1. The molecule has 0 aromatic heterocycles. The molecule has 1 saturated carbocycles. The smallest absolute Gasteiger partial charge is 0.292 e. The molecule has 7 heteroatoms. The Bertz CT molecular complexity index is 528. The van der Waals surface area contributed by atoms with E-state index in [4.69, 9.17) is 5.73 Å². The molecule has 1 aromatic rings. The van der Waals surface area contributed by atoms with Gasteiger partial charge in [-0.2, -0.15) is 0 Å². The molecule has 0 unspecified atom stereocenters. The molecule has 1 aliphatic rings. The van der Waals surface area contributed by atoms with Gasteiger partial charge < -0.3 is 16.0 Å². The van der Waals surface area contributed by atoms with Gasteiger partial charge in [-0.15, -0.1) is 0 Å². The number of para-hydroxylation sites is 1. The van der Waals surface area contributed by atoms with Gasteiger partial charge in [-0.25, -0.2) is 0 Å². The summed E-state index contributed by atoms with van der Waals surface area (Å²) < 4.78 is 0. The molecule has 0 aliphatic heterocycles. The van der Waals surface area contributed by atoms with Crippen molar-refractivity contribution in [2.75, 3.05) is 25.9 Å². The maximum absolute atomic E-state index is 12.0. The van der Waals surface area contributed by atoms with Gasteiger partial charge in [0.25, 0.3) is 11.6 Å². The Morgan fingerprint density at radius 3 is 2.85 bits per heavy atom. The summed E-state index contributed by atoms with van der Waals surface area (Å²) >= 11 is 0. The number of rotatable bonds is 6. The van der Waals surface area contributed by atoms with Gasteiger partial charge in [-0.3, -0.25) is 14.9 Å². The third-order valence-corrected chi connectivity index (χ3v) is 3.44. The molecule has 0 bridgehead atoms. The summed E-state index contributed by atoms with van der Waals surface area (Å²) in [5.74, 6) is -0.379. The molecule has 20 heavy (non-hydrogen) atoms. The van der Waals surface area contributed by atoms with Crippen LogP contribution < -0.4 is 11.1 Å². The van der Waals surface area contributed by atoms with E-state index in [0.29, 0.717) is 12.6 Å². The van der Waals surface area contributed by atoms with Crippen molar-refractivity contribution in [3.8, 4) is 0 Å². The maximum Gasteiger partial charge on any atom is 0.292 e. The van der Waals surface area contributed by atoms with E-state index in [0.717, 1.165) is 6.54 Å². The van der Waals surface area contributed by atoms with Crippen LogP contribution in [-0.4, -0.2) is 41.9 Å². The zero-order chi connectivity index (χ0) is 14.7. The molecule has 0 spiro atoms. The molecule has 3 N–H and O–H groups in total. The van der Waals surface area contributed by atoms with E-state index in [1.165, 1.54) is 31.0 Å². The van der Waals surface area contributed by atoms with Crippen molar-refractivity contribution in [3.63, 3.8) is 0 Å². The maximum atomic E-state index is 12.0. The van der Waals surface area contributed by atoms with Crippen molar-refractivity contribution in [2.24, 2.45) is 0 Å². The van der Waals surface area contributed by atoms with Gasteiger partial charge in [0.05, 0.1) is 10.5 Å². The summed E-state index contributed by atoms with van der Waals surface area (Å²) in [6.07, 6.45) is 2.42. The topological polar surface area (TPSA) is 102 Å². The Balaban J connectivity index is 1.94. The van der Waals surface area contributed by atoms with Crippen LogP contribution in [0.2, 0.25) is 0 Å². The normalized spacial score (nSPS) is 14.3. The zero-order valence-electron chi connectivity index (χ0n) is 11.3. The molecule has 2 rings (SSSR count). The van der Waals surface area contributed by atoms with Crippen LogP contribution in [-0.2, 0) is 0 Å². The molecular weight excluding hydrogens is 260 g/mol. The summed E-state index contributed by atoms with van der Waals surface area (Å²) in [6.45, 7) is 1.25. The number of carbonyl (C=O) groups excluding carboxylic acids is 1. The summed E-state index contributed by atoms with van der Waals surface area (Å²) in [7, 11) is 2.02. The summed E-state index contributed by atoms with van der Waals surface area (Å²) in [4.78, 5) is 24.3. The lowest BCUT2D eigenvalue weighted by Crippen LogP contribution is -2.34. The van der Waals surface area contributed by atoms with Gasteiger partial charge in [0, 0.05) is 25.2 Å². The number of nitrogens with zero attached hydrogens (tertiary/aromatic N) is 2. The zero-order valence-corrected chi connectivity index (χ0v) is 11.3. The summed E-state index contributed by atoms with van der Waals surface area (Å²) in [6, 6.07) is 4.87. The fourth-order valence-electron chi connectivity index (χ4n) is 2.05. The Hall–Kier alpha value is -2.15. The predicted molar refractivity (Wildman–Crippen MR) is 75.5 cm³/mol. The largest absolute Gasteiger partial charge is 0.393 e. The van der Waals surface area contributed by atoms with Crippen LogP contribution in [0, 0.1) is 10.1 Å². The Morgan fingerprint density at radius 1 is 1.55 bits per heavy atom. The lowest BCUT2D eigenvalue weighted by atomic mass is 10.1. The number of nitro groups is 1. The van der Waals surface area contributed by atoms with E-state index in [-0.39, 0.29) is 22.8 Å². The Morgan fingerprint density at radius 2 is 2.25 bits per heavy atom. The number of nitro benzene ring substituents is 1. The van der Waals surface area contributed by atoms with Crippen molar-refractivity contribution in [1.29, 1.82) is 0 Å². The summed E-state index contributed by atoms with van der Waals surface area (Å²) in [5, 5.41) is 13.5. The standard InChI is InChI=1S/C13H18N4O3/c1-16(9-5-6-9)8-7-15-13(18)10-3-2-4-11(12(10)14)17(19)20/h2-4,9H,5-8,14H2,1H3,(H,15,18). The fraction of sp³-hybridized carbons (Fsp3) is 0.462. The van der Waals surface area contributed by atoms with Crippen molar-refractivity contribution >= 4 is 17.3 Å². The van der Waals surface area contributed by atoms with Crippen LogP contribution in [0.15, 0.2) is 18.2 Å². The predicted octanol–water partition coefficient (Wildman–Crippen LogP) is 1.00. The number of benzene rings is 1. The van der Waals surface area contributed by atoms with Crippen LogP contribution in [0.25, 0.3) is 0 Å². The minimum absolute atomic E-state index is 0.0921. The second-order valence-corrected chi connectivity index (χ2v) is 4.96. The highest BCUT2D eigenvalue weighted by Gasteiger charge is 2.25. The monoisotopic (exact) mass is 278 g/mol. The summed E-state index contributed by atoms with van der Waals surface area (Å²) in [5.41, 5.74) is 5.47. The first-order chi connectivity index (χ1) is 9.50. The first kappa shape index (κ1) is 14.3. The molecule has 0 radical (unpaired) electrons. The molecule has 1 amide bonds. The number of nitrogens with one attached hydrogen (secondary N) is 1. The number of anilines is 1. The Labute approximate surface area is 116 Å². The van der Waals surface area contributed by atoms with E-state index in [2.05, 4.69) is 10.2 Å². The third kappa shape index (κ3) is 3.24. The van der Waals surface area contributed by atoms with Gasteiger partial charge in [-0.1, -0.05) is 6.07 Å². The van der Waals surface area contributed by atoms with E-state index in [1.807, 2.05) is 7.05 Å². The second-order valence-electron chi connectivity index (χ2n) is 4.96. The Kier molecular flexibility index (Phi) is 4.19. The van der Waals surface area contributed by atoms with Crippen LogP contribution in [0.4, 0.5) is 11.4 Å². The molecule has 0 atom stereocenters. The lowest BCUT2D eigenvalue weighted by molar-refractivity contribution is -0.383. The molecule has 7 nitrogen and oxygen atoms in total.